The smallest absolute Gasteiger partial charge is 0.152 e. The number of nitrogens with two attached hydrogens (primary N) is 2. The van der Waals surface area contributed by atoms with E-state index in [1.165, 1.54) is 12.8 Å². The van der Waals surface area contributed by atoms with Gasteiger partial charge in [0.2, 0.25) is 0 Å². The maximum absolute atomic E-state index is 6.11. The van der Waals surface area contributed by atoms with Crippen molar-refractivity contribution >= 4 is 18.2 Å². The SMILES string of the molecule is C=c1ccn(Cc2ccc(COCCCCN)cc2OC)/c1=C(/N=C(/N)CC)NCCCCC. The van der Waals surface area contributed by atoms with Crippen molar-refractivity contribution in [2.75, 3.05) is 26.8 Å². The molecule has 34 heavy (non-hydrogen) atoms. The molecule has 188 valence electrons. The minimum absolute atomic E-state index is 0.559. The van der Waals surface area contributed by atoms with Gasteiger partial charge in [-0.1, -0.05) is 45.4 Å². The van der Waals surface area contributed by atoms with Gasteiger partial charge in [-0.3, -0.25) is 0 Å². The molecule has 2 rings (SSSR count). The van der Waals surface area contributed by atoms with Gasteiger partial charge in [0.25, 0.3) is 0 Å². The van der Waals surface area contributed by atoms with E-state index in [9.17, 15) is 0 Å². The van der Waals surface area contributed by atoms with E-state index in [0.29, 0.717) is 38.6 Å². The summed E-state index contributed by atoms with van der Waals surface area (Å²) in [6, 6.07) is 8.25. The van der Waals surface area contributed by atoms with Crippen LogP contribution in [0.2, 0.25) is 0 Å². The fraction of sp³-hybridized carbons (Fsp3) is 0.519. The molecular formula is C27H43N5O2. The lowest BCUT2D eigenvalue weighted by molar-refractivity contribution is 0.117. The molecule has 0 amide bonds. The van der Waals surface area contributed by atoms with E-state index in [2.05, 4.69) is 35.5 Å². The minimum Gasteiger partial charge on any atom is -0.496 e. The van der Waals surface area contributed by atoms with Crippen molar-refractivity contribution in [1.82, 2.24) is 9.88 Å². The van der Waals surface area contributed by atoms with Gasteiger partial charge >= 0.3 is 0 Å². The Labute approximate surface area is 204 Å². The number of methoxy groups -OCH3 is 1. The van der Waals surface area contributed by atoms with Crippen molar-refractivity contribution < 1.29 is 9.47 Å². The van der Waals surface area contributed by atoms with Crippen LogP contribution in [0.25, 0.3) is 12.4 Å². The first-order chi connectivity index (χ1) is 16.5. The van der Waals surface area contributed by atoms with Gasteiger partial charge in [-0.2, -0.15) is 0 Å². The molecule has 0 radical (unpaired) electrons. The highest BCUT2D eigenvalue weighted by atomic mass is 16.5. The van der Waals surface area contributed by atoms with Crippen molar-refractivity contribution in [1.29, 1.82) is 0 Å². The van der Waals surface area contributed by atoms with E-state index in [-0.39, 0.29) is 0 Å². The molecule has 7 heteroatoms. The van der Waals surface area contributed by atoms with Gasteiger partial charge in [0.05, 0.1) is 25.6 Å². The van der Waals surface area contributed by atoms with Crippen LogP contribution in [0.5, 0.6) is 5.75 Å². The topological polar surface area (TPSA) is 99.8 Å². The molecule has 0 spiro atoms. The first-order valence-corrected chi connectivity index (χ1v) is 12.4. The third-order valence-electron chi connectivity index (χ3n) is 5.67. The molecule has 7 nitrogen and oxygen atoms in total. The summed E-state index contributed by atoms with van der Waals surface area (Å²) in [6.45, 7) is 11.9. The van der Waals surface area contributed by atoms with Crippen molar-refractivity contribution in [3.63, 3.8) is 0 Å². The van der Waals surface area contributed by atoms with E-state index in [1.807, 2.05) is 25.3 Å². The zero-order chi connectivity index (χ0) is 24.8. The Balaban J connectivity index is 2.30. The molecule has 2 aromatic rings. The largest absolute Gasteiger partial charge is 0.496 e. The van der Waals surface area contributed by atoms with Crippen LogP contribution in [0.1, 0.15) is 63.5 Å². The second-order valence-corrected chi connectivity index (χ2v) is 8.45. The lowest BCUT2D eigenvalue weighted by Crippen LogP contribution is -2.36. The molecule has 0 bridgehead atoms. The van der Waals surface area contributed by atoms with Crippen LogP contribution in [0, 0.1) is 0 Å². The molecule has 1 heterocycles. The van der Waals surface area contributed by atoms with Gasteiger partial charge < -0.3 is 30.8 Å². The Hall–Kier alpha value is -2.77. The number of hydrogen-bond acceptors (Lipinski definition) is 5. The average Bonchev–Trinajstić information content (AvgIpc) is 3.21. The highest BCUT2D eigenvalue weighted by Crippen LogP contribution is 2.21. The van der Waals surface area contributed by atoms with Gasteiger partial charge in [-0.05, 0) is 48.7 Å². The Bertz CT molecular complexity index is 1010. The maximum Gasteiger partial charge on any atom is 0.152 e. The molecule has 0 saturated carbocycles. The Kier molecular flexibility index (Phi) is 12.3. The molecule has 5 N–H and O–H groups in total. The molecule has 1 aromatic heterocycles. The number of rotatable bonds is 16. The monoisotopic (exact) mass is 469 g/mol. The zero-order valence-corrected chi connectivity index (χ0v) is 21.2. The molecule has 0 aliphatic rings. The van der Waals surface area contributed by atoms with Crippen LogP contribution in [0.4, 0.5) is 0 Å². The van der Waals surface area contributed by atoms with Crippen LogP contribution in [-0.4, -0.2) is 37.2 Å². The number of nitrogens with zero attached hydrogens (tertiary/aromatic N) is 2. The predicted molar refractivity (Wildman–Crippen MR) is 142 cm³/mol. The van der Waals surface area contributed by atoms with Gasteiger partial charge in [0.1, 0.15) is 11.6 Å². The number of amidine groups is 1. The van der Waals surface area contributed by atoms with Crippen molar-refractivity contribution in [3.8, 4) is 5.75 Å². The lowest BCUT2D eigenvalue weighted by Gasteiger charge is -2.14. The Morgan fingerprint density at radius 2 is 1.97 bits per heavy atom. The second-order valence-electron chi connectivity index (χ2n) is 8.45. The standard InChI is InChI=1S/C27H43N5O2/c1-5-7-9-15-30-27(31-25(29)6-2)26-21(3)13-16-32(26)19-23-12-11-22(18-24(23)33-4)20-34-17-10-8-14-28/h11-13,16,18,30H,3,5-10,14-15,17,19-20,28H2,1-2,4H3,(H2,29,31)/b27-26+. The summed E-state index contributed by atoms with van der Waals surface area (Å²) in [5, 5.41) is 5.35. The maximum atomic E-state index is 6.11. The molecule has 0 atom stereocenters. The van der Waals surface area contributed by atoms with Crippen molar-refractivity contribution in [2.45, 2.75) is 65.5 Å². The van der Waals surface area contributed by atoms with E-state index >= 15 is 0 Å². The number of ether oxygens (including phenoxy) is 2. The summed E-state index contributed by atoms with van der Waals surface area (Å²) in [7, 11) is 1.70. The number of benzene rings is 1. The molecular weight excluding hydrogens is 426 g/mol. The normalized spacial score (nSPS) is 12.6. The lowest BCUT2D eigenvalue weighted by atomic mass is 10.1. The summed E-state index contributed by atoms with van der Waals surface area (Å²) in [6.07, 6.45) is 8.11. The number of unbranched alkanes of at least 4 members (excludes halogenated alkanes) is 3. The van der Waals surface area contributed by atoms with Gasteiger partial charge in [-0.15, -0.1) is 0 Å². The Morgan fingerprint density at radius 3 is 2.68 bits per heavy atom. The number of aliphatic imine (C=N–C) groups is 1. The first kappa shape index (κ1) is 27.5. The zero-order valence-electron chi connectivity index (χ0n) is 21.2. The number of hydrogen-bond donors (Lipinski definition) is 3. The summed E-state index contributed by atoms with van der Waals surface area (Å²) in [5.74, 6) is 2.20. The molecule has 0 saturated heterocycles. The second kappa shape index (κ2) is 15.2. The van der Waals surface area contributed by atoms with Crippen LogP contribution < -0.4 is 32.1 Å². The summed E-state index contributed by atoms with van der Waals surface area (Å²) >= 11 is 0. The van der Waals surface area contributed by atoms with E-state index in [4.69, 9.17) is 25.9 Å². The van der Waals surface area contributed by atoms with Crippen LogP contribution in [-0.2, 0) is 17.9 Å². The first-order valence-electron chi connectivity index (χ1n) is 12.4. The van der Waals surface area contributed by atoms with Crippen molar-refractivity contribution in [3.05, 3.63) is 52.2 Å². The third kappa shape index (κ3) is 8.54. The van der Waals surface area contributed by atoms with Crippen LogP contribution in [0.3, 0.4) is 0 Å². The quantitative estimate of drug-likeness (QED) is 0.199. The number of aromatic nitrogens is 1. The molecule has 0 unspecified atom stereocenters. The molecule has 0 fully saturated rings. The molecule has 1 aromatic carbocycles. The minimum atomic E-state index is 0.559. The summed E-state index contributed by atoms with van der Waals surface area (Å²) in [4.78, 5) is 4.69. The van der Waals surface area contributed by atoms with Gasteiger partial charge in [0.15, 0.2) is 5.82 Å². The molecule has 0 aliphatic heterocycles. The van der Waals surface area contributed by atoms with E-state index in [0.717, 1.165) is 59.1 Å². The fourth-order valence-electron chi connectivity index (χ4n) is 3.65. The summed E-state index contributed by atoms with van der Waals surface area (Å²) in [5.41, 5.74) is 13.8. The highest BCUT2D eigenvalue weighted by Gasteiger charge is 2.09. The van der Waals surface area contributed by atoms with Crippen LogP contribution in [0.15, 0.2) is 35.5 Å². The summed E-state index contributed by atoms with van der Waals surface area (Å²) < 4.78 is 13.6. The predicted octanol–water partition coefficient (Wildman–Crippen LogP) is 2.82. The van der Waals surface area contributed by atoms with Crippen LogP contribution >= 0.6 is 0 Å². The average molecular weight is 470 g/mol. The van der Waals surface area contributed by atoms with Gasteiger partial charge in [-0.25, -0.2) is 4.99 Å². The van der Waals surface area contributed by atoms with Crippen molar-refractivity contribution in [2.24, 2.45) is 16.5 Å². The van der Waals surface area contributed by atoms with E-state index < -0.39 is 0 Å². The van der Waals surface area contributed by atoms with Gasteiger partial charge in [0, 0.05) is 31.3 Å². The third-order valence-corrected chi connectivity index (χ3v) is 5.67. The number of nitrogens with one attached hydrogen (secondary N) is 1. The van der Waals surface area contributed by atoms with E-state index in [1.54, 1.807) is 7.11 Å². The molecule has 0 aliphatic carbocycles. The highest BCUT2D eigenvalue weighted by molar-refractivity contribution is 5.83. The fourth-order valence-corrected chi connectivity index (χ4v) is 3.65. The Morgan fingerprint density at radius 1 is 1.15 bits per heavy atom.